The summed E-state index contributed by atoms with van der Waals surface area (Å²) in [7, 11) is 0. The summed E-state index contributed by atoms with van der Waals surface area (Å²) in [6.07, 6.45) is 0.964. The first kappa shape index (κ1) is 18.4. The number of nitrogens with zero attached hydrogens (tertiary/aromatic N) is 1. The van der Waals surface area contributed by atoms with E-state index < -0.39 is 0 Å². The second kappa shape index (κ2) is 7.59. The highest BCUT2D eigenvalue weighted by Crippen LogP contribution is 2.37. The predicted octanol–water partition coefficient (Wildman–Crippen LogP) is 2.85. The van der Waals surface area contributed by atoms with Gasteiger partial charge in [0, 0.05) is 37.5 Å². The van der Waals surface area contributed by atoms with Gasteiger partial charge in [-0.3, -0.25) is 4.79 Å². The standard InChI is InChI=1S/C21H24N2O5/c1-2-28-19-9-15(24)8-18(25)20(19)21(26)23-10-13-4-3-5-17(16(13)11-23)22-14-6-7-27-12-14/h3-5,8-9,14,22,24-25H,2,6-7,10-12H2,1H3. The molecular weight excluding hydrogens is 360 g/mol. The summed E-state index contributed by atoms with van der Waals surface area (Å²) in [6, 6.07) is 8.81. The first-order valence-corrected chi connectivity index (χ1v) is 9.50. The van der Waals surface area contributed by atoms with Crippen molar-refractivity contribution in [3.05, 3.63) is 47.0 Å². The quantitative estimate of drug-likeness (QED) is 0.734. The lowest BCUT2D eigenvalue weighted by Gasteiger charge is -2.19. The van der Waals surface area contributed by atoms with Crippen LogP contribution in [-0.4, -0.2) is 46.9 Å². The van der Waals surface area contributed by atoms with Crippen LogP contribution in [0.2, 0.25) is 0 Å². The van der Waals surface area contributed by atoms with E-state index in [1.807, 2.05) is 18.2 Å². The number of nitrogens with one attached hydrogen (secondary N) is 1. The molecule has 1 fully saturated rings. The monoisotopic (exact) mass is 384 g/mol. The van der Waals surface area contributed by atoms with E-state index >= 15 is 0 Å². The number of benzene rings is 2. The van der Waals surface area contributed by atoms with Gasteiger partial charge in [-0.25, -0.2) is 0 Å². The molecule has 3 N–H and O–H groups in total. The largest absolute Gasteiger partial charge is 0.508 e. The Kier molecular flexibility index (Phi) is 5.00. The summed E-state index contributed by atoms with van der Waals surface area (Å²) in [4.78, 5) is 14.8. The summed E-state index contributed by atoms with van der Waals surface area (Å²) >= 11 is 0. The van der Waals surface area contributed by atoms with Gasteiger partial charge in [0.05, 0.1) is 19.3 Å². The highest BCUT2D eigenvalue weighted by Gasteiger charge is 2.30. The molecule has 0 aliphatic carbocycles. The van der Waals surface area contributed by atoms with E-state index in [4.69, 9.17) is 9.47 Å². The Hall–Kier alpha value is -2.93. The first-order chi connectivity index (χ1) is 13.6. The normalized spacial score (nSPS) is 18.2. The number of aromatic hydroxyl groups is 2. The topological polar surface area (TPSA) is 91.3 Å². The molecule has 0 aromatic heterocycles. The van der Waals surface area contributed by atoms with Gasteiger partial charge < -0.3 is 29.9 Å². The third-order valence-electron chi connectivity index (χ3n) is 5.14. The molecule has 148 valence electrons. The van der Waals surface area contributed by atoms with Crippen molar-refractivity contribution >= 4 is 11.6 Å². The average Bonchev–Trinajstić information content (AvgIpc) is 3.31. The predicted molar refractivity (Wildman–Crippen MR) is 104 cm³/mol. The van der Waals surface area contributed by atoms with Gasteiger partial charge in [-0.05, 0) is 30.5 Å². The van der Waals surface area contributed by atoms with E-state index in [0.717, 1.165) is 35.9 Å². The summed E-state index contributed by atoms with van der Waals surface area (Å²) in [5.41, 5.74) is 3.25. The van der Waals surface area contributed by atoms with E-state index in [0.29, 0.717) is 26.3 Å². The minimum Gasteiger partial charge on any atom is -0.508 e. The number of carbonyl (C=O) groups excluding carboxylic acids is 1. The Morgan fingerprint density at radius 1 is 1.32 bits per heavy atom. The van der Waals surface area contributed by atoms with Crippen LogP contribution in [0, 0.1) is 0 Å². The molecule has 0 radical (unpaired) electrons. The van der Waals surface area contributed by atoms with Crippen LogP contribution in [0.5, 0.6) is 17.2 Å². The maximum Gasteiger partial charge on any atom is 0.262 e. The van der Waals surface area contributed by atoms with E-state index in [1.165, 1.54) is 6.07 Å². The highest BCUT2D eigenvalue weighted by atomic mass is 16.5. The van der Waals surface area contributed by atoms with E-state index in [1.54, 1.807) is 11.8 Å². The van der Waals surface area contributed by atoms with E-state index in [2.05, 4.69) is 5.32 Å². The third-order valence-corrected chi connectivity index (χ3v) is 5.14. The summed E-state index contributed by atoms with van der Waals surface area (Å²) in [6.45, 7) is 4.45. The molecule has 2 aromatic rings. The molecule has 2 aliphatic heterocycles. The number of ether oxygens (including phenoxy) is 2. The van der Waals surface area contributed by atoms with Crippen molar-refractivity contribution in [2.75, 3.05) is 25.1 Å². The second-order valence-electron chi connectivity index (χ2n) is 7.08. The molecule has 4 rings (SSSR count). The summed E-state index contributed by atoms with van der Waals surface area (Å²) in [5.74, 6) is -0.576. The van der Waals surface area contributed by atoms with Gasteiger partial charge in [-0.1, -0.05) is 12.1 Å². The molecule has 0 saturated carbocycles. The van der Waals surface area contributed by atoms with Crippen LogP contribution in [0.1, 0.15) is 34.8 Å². The zero-order chi connectivity index (χ0) is 19.7. The minimum atomic E-state index is -0.327. The SMILES string of the molecule is CCOc1cc(O)cc(O)c1C(=O)N1Cc2cccc(NC3CCOC3)c2C1. The van der Waals surface area contributed by atoms with Crippen LogP contribution in [0.3, 0.4) is 0 Å². The van der Waals surface area contributed by atoms with Gasteiger partial charge in [0.2, 0.25) is 0 Å². The van der Waals surface area contributed by atoms with Gasteiger partial charge in [-0.2, -0.15) is 0 Å². The van der Waals surface area contributed by atoms with Crippen LogP contribution in [-0.2, 0) is 17.8 Å². The zero-order valence-corrected chi connectivity index (χ0v) is 15.8. The molecule has 1 unspecified atom stereocenters. The van der Waals surface area contributed by atoms with E-state index in [9.17, 15) is 15.0 Å². The molecule has 1 atom stereocenters. The average molecular weight is 384 g/mol. The molecular formula is C21H24N2O5. The molecule has 1 saturated heterocycles. The van der Waals surface area contributed by atoms with Crippen molar-refractivity contribution in [1.29, 1.82) is 0 Å². The Balaban J connectivity index is 1.59. The van der Waals surface area contributed by atoms with Crippen molar-refractivity contribution in [3.63, 3.8) is 0 Å². The number of fused-ring (bicyclic) bond motifs is 1. The van der Waals surface area contributed by atoms with Crippen molar-refractivity contribution in [3.8, 4) is 17.2 Å². The van der Waals surface area contributed by atoms with Crippen LogP contribution < -0.4 is 10.1 Å². The van der Waals surface area contributed by atoms with Crippen LogP contribution >= 0.6 is 0 Å². The molecule has 2 aliphatic rings. The van der Waals surface area contributed by atoms with Gasteiger partial charge in [-0.15, -0.1) is 0 Å². The van der Waals surface area contributed by atoms with Crippen LogP contribution in [0.4, 0.5) is 5.69 Å². The lowest BCUT2D eigenvalue weighted by molar-refractivity contribution is 0.0744. The molecule has 7 heteroatoms. The van der Waals surface area contributed by atoms with E-state index in [-0.39, 0.29) is 34.8 Å². The summed E-state index contributed by atoms with van der Waals surface area (Å²) < 4.78 is 10.9. The smallest absolute Gasteiger partial charge is 0.262 e. The number of hydrogen-bond acceptors (Lipinski definition) is 6. The molecule has 28 heavy (non-hydrogen) atoms. The van der Waals surface area contributed by atoms with Gasteiger partial charge in [0.15, 0.2) is 0 Å². The van der Waals surface area contributed by atoms with Crippen LogP contribution in [0.25, 0.3) is 0 Å². The fourth-order valence-electron chi connectivity index (χ4n) is 3.80. The first-order valence-electron chi connectivity index (χ1n) is 9.50. The van der Waals surface area contributed by atoms with Crippen molar-refractivity contribution in [2.24, 2.45) is 0 Å². The van der Waals surface area contributed by atoms with Crippen molar-refractivity contribution in [2.45, 2.75) is 32.5 Å². The lowest BCUT2D eigenvalue weighted by atomic mass is 10.1. The Morgan fingerprint density at radius 3 is 2.93 bits per heavy atom. The maximum atomic E-state index is 13.2. The molecule has 1 amide bonds. The van der Waals surface area contributed by atoms with Gasteiger partial charge in [0.1, 0.15) is 22.8 Å². The number of rotatable bonds is 5. The number of hydrogen-bond donors (Lipinski definition) is 3. The number of phenolic OH excluding ortho intramolecular Hbond substituents is 2. The number of phenols is 2. The second-order valence-corrected chi connectivity index (χ2v) is 7.08. The third kappa shape index (κ3) is 3.45. The Morgan fingerprint density at radius 2 is 2.18 bits per heavy atom. The molecule has 0 bridgehead atoms. The van der Waals surface area contributed by atoms with Gasteiger partial charge in [0.25, 0.3) is 5.91 Å². The lowest BCUT2D eigenvalue weighted by Crippen LogP contribution is -2.26. The molecule has 2 aromatic carbocycles. The van der Waals surface area contributed by atoms with Gasteiger partial charge >= 0.3 is 0 Å². The fraction of sp³-hybridized carbons (Fsp3) is 0.381. The fourth-order valence-corrected chi connectivity index (χ4v) is 3.80. The zero-order valence-electron chi connectivity index (χ0n) is 15.8. The number of amides is 1. The number of anilines is 1. The summed E-state index contributed by atoms with van der Waals surface area (Å²) in [5, 5.41) is 23.5. The molecule has 0 spiro atoms. The minimum absolute atomic E-state index is 0.0751. The Labute approximate surface area is 163 Å². The van der Waals surface area contributed by atoms with Crippen molar-refractivity contribution in [1.82, 2.24) is 4.90 Å². The highest BCUT2D eigenvalue weighted by molar-refractivity contribution is 6.00. The van der Waals surface area contributed by atoms with Crippen LogP contribution in [0.15, 0.2) is 30.3 Å². The number of carbonyl (C=O) groups is 1. The Bertz CT molecular complexity index is 893. The maximum absolute atomic E-state index is 13.2. The molecule has 2 heterocycles. The molecule has 7 nitrogen and oxygen atoms in total. The van der Waals surface area contributed by atoms with Crippen molar-refractivity contribution < 1.29 is 24.5 Å².